The van der Waals surface area contributed by atoms with E-state index in [2.05, 4.69) is 20.5 Å². The number of phenols is 1. The summed E-state index contributed by atoms with van der Waals surface area (Å²) in [6.07, 6.45) is 0. The lowest BCUT2D eigenvalue weighted by atomic mass is 10.1. The van der Waals surface area contributed by atoms with E-state index in [1.54, 1.807) is 18.2 Å². The molecule has 0 radical (unpaired) electrons. The Kier molecular flexibility index (Phi) is 6.73. The third-order valence-electron chi connectivity index (χ3n) is 5.17. The molecule has 0 saturated heterocycles. The van der Waals surface area contributed by atoms with Crippen molar-refractivity contribution in [1.82, 2.24) is 0 Å². The van der Waals surface area contributed by atoms with Gasteiger partial charge < -0.3 is 22.3 Å². The number of fused-ring (bicyclic) bond motifs is 1. The number of rotatable bonds is 6. The fourth-order valence-corrected chi connectivity index (χ4v) is 4.61. The molecule has 0 spiro atoms. The van der Waals surface area contributed by atoms with Crippen LogP contribution in [0.5, 0.6) is 5.75 Å². The number of nitrogens with zero attached hydrogens (tertiary/aromatic N) is 4. The third-order valence-corrected chi connectivity index (χ3v) is 6.87. The van der Waals surface area contributed by atoms with Gasteiger partial charge in [0.1, 0.15) is 16.3 Å². The molecule has 0 atom stereocenters. The van der Waals surface area contributed by atoms with Gasteiger partial charge in [0.2, 0.25) is 0 Å². The minimum atomic E-state index is -4.97. The van der Waals surface area contributed by atoms with Crippen LogP contribution in [0.3, 0.4) is 0 Å². The van der Waals surface area contributed by atoms with Crippen LogP contribution in [0, 0.1) is 0 Å². The lowest BCUT2D eigenvalue weighted by Crippen LogP contribution is -2.02. The zero-order valence-corrected chi connectivity index (χ0v) is 20.7. The molecule has 0 saturated carbocycles. The van der Waals surface area contributed by atoms with Crippen molar-refractivity contribution in [2.24, 2.45) is 20.5 Å². The highest BCUT2D eigenvalue weighted by Gasteiger charge is 2.24. The van der Waals surface area contributed by atoms with E-state index in [9.17, 15) is 31.0 Å². The van der Waals surface area contributed by atoms with E-state index in [0.717, 1.165) is 18.2 Å². The van der Waals surface area contributed by atoms with Gasteiger partial charge in [-0.15, -0.1) is 10.2 Å². The van der Waals surface area contributed by atoms with Crippen LogP contribution in [0.2, 0.25) is 0 Å². The number of benzene rings is 4. The predicted molar refractivity (Wildman–Crippen MR) is 140 cm³/mol. The van der Waals surface area contributed by atoms with Crippen molar-refractivity contribution < 1.29 is 31.0 Å². The van der Waals surface area contributed by atoms with Crippen molar-refractivity contribution in [3.63, 3.8) is 0 Å². The van der Waals surface area contributed by atoms with Gasteiger partial charge in [0, 0.05) is 16.8 Å². The van der Waals surface area contributed by atoms with Gasteiger partial charge >= 0.3 is 0 Å². The Morgan fingerprint density at radius 3 is 1.82 bits per heavy atom. The Morgan fingerprint density at radius 2 is 1.26 bits per heavy atom. The molecule has 14 nitrogen and oxygen atoms in total. The van der Waals surface area contributed by atoms with Gasteiger partial charge in [0.25, 0.3) is 20.2 Å². The Morgan fingerprint density at radius 1 is 0.658 bits per heavy atom. The van der Waals surface area contributed by atoms with Gasteiger partial charge in [-0.05, 0) is 66.0 Å². The third kappa shape index (κ3) is 5.52. The van der Waals surface area contributed by atoms with Crippen LogP contribution in [0.4, 0.5) is 39.8 Å². The highest BCUT2D eigenvalue weighted by atomic mass is 32.2. The molecule has 0 aliphatic rings. The van der Waals surface area contributed by atoms with E-state index in [4.69, 9.17) is 17.2 Å². The first-order chi connectivity index (χ1) is 17.7. The predicted octanol–water partition coefficient (Wildman–Crippen LogP) is 4.62. The SMILES string of the molecule is Nc1ccc(N=Nc2ccc(N=Nc3c(S(=O)(=O)O)cc4cc(S(=O)(=O)O)cc(N)c4c3O)cc2)c(N)c1. The van der Waals surface area contributed by atoms with Crippen molar-refractivity contribution in [2.45, 2.75) is 9.79 Å². The van der Waals surface area contributed by atoms with Crippen molar-refractivity contribution in [3.8, 4) is 5.75 Å². The topological polar surface area (TPSA) is 256 Å². The largest absolute Gasteiger partial charge is 0.505 e. The van der Waals surface area contributed by atoms with Gasteiger partial charge in [-0.25, -0.2) is 0 Å². The van der Waals surface area contributed by atoms with Crippen LogP contribution < -0.4 is 17.2 Å². The maximum Gasteiger partial charge on any atom is 0.296 e. The molecule has 0 unspecified atom stereocenters. The number of phenolic OH excluding ortho intramolecular Hbond substituents is 1. The maximum absolute atomic E-state index is 12.0. The molecule has 0 heterocycles. The fraction of sp³-hybridized carbons (Fsp3) is 0. The lowest BCUT2D eigenvalue weighted by Gasteiger charge is -2.11. The summed E-state index contributed by atoms with van der Waals surface area (Å²) in [7, 11) is -9.67. The molecule has 0 aromatic heterocycles. The van der Waals surface area contributed by atoms with Crippen LogP contribution in [-0.4, -0.2) is 31.0 Å². The monoisotopic (exact) mass is 557 g/mol. The summed E-state index contributed by atoms with van der Waals surface area (Å²) >= 11 is 0. The number of nitrogen functional groups attached to an aromatic ring is 3. The quantitative estimate of drug-likeness (QED) is 0.109. The molecular weight excluding hydrogens is 538 g/mol. The Balaban J connectivity index is 1.72. The first kappa shape index (κ1) is 26.4. The summed E-state index contributed by atoms with van der Waals surface area (Å²) < 4.78 is 66.0. The Labute approximate surface area is 215 Å². The van der Waals surface area contributed by atoms with E-state index in [-0.39, 0.29) is 22.1 Å². The second kappa shape index (κ2) is 9.67. The van der Waals surface area contributed by atoms with Crippen LogP contribution in [-0.2, 0) is 20.2 Å². The molecule has 0 aliphatic carbocycles. The van der Waals surface area contributed by atoms with E-state index in [1.807, 2.05) is 0 Å². The van der Waals surface area contributed by atoms with E-state index < -0.39 is 41.5 Å². The van der Waals surface area contributed by atoms with Crippen molar-refractivity contribution in [3.05, 3.63) is 60.7 Å². The summed E-state index contributed by atoms with van der Waals surface area (Å²) in [6.45, 7) is 0. The van der Waals surface area contributed by atoms with E-state index >= 15 is 0 Å². The summed E-state index contributed by atoms with van der Waals surface area (Å²) in [4.78, 5) is -1.52. The molecular formula is C22H19N7O7S2. The summed E-state index contributed by atoms with van der Waals surface area (Å²) in [5, 5.41) is 26.2. The average Bonchev–Trinajstić information content (AvgIpc) is 2.82. The van der Waals surface area contributed by atoms with E-state index in [0.29, 0.717) is 22.7 Å². The summed E-state index contributed by atoms with van der Waals surface area (Å²) in [5.74, 6) is -0.787. The van der Waals surface area contributed by atoms with Gasteiger partial charge in [0.15, 0.2) is 5.75 Å². The van der Waals surface area contributed by atoms with Gasteiger partial charge in [-0.1, -0.05) is 0 Å². The number of aromatic hydroxyl groups is 1. The van der Waals surface area contributed by atoms with E-state index in [1.165, 1.54) is 24.3 Å². The molecule has 196 valence electrons. The zero-order valence-electron chi connectivity index (χ0n) is 19.1. The number of hydrogen-bond acceptors (Lipinski definition) is 12. The molecule has 0 aliphatic heterocycles. The molecule has 0 fully saturated rings. The lowest BCUT2D eigenvalue weighted by molar-refractivity contribution is 0.472. The van der Waals surface area contributed by atoms with Gasteiger partial charge in [-0.2, -0.15) is 27.1 Å². The fourth-order valence-electron chi connectivity index (χ4n) is 3.40. The van der Waals surface area contributed by atoms with Crippen molar-refractivity contribution in [1.29, 1.82) is 0 Å². The Hall–Kier alpha value is -4.64. The smallest absolute Gasteiger partial charge is 0.296 e. The van der Waals surface area contributed by atoms with Gasteiger partial charge in [-0.3, -0.25) is 9.11 Å². The second-order valence-electron chi connectivity index (χ2n) is 7.87. The molecule has 16 heteroatoms. The molecule has 0 bridgehead atoms. The summed E-state index contributed by atoms with van der Waals surface area (Å²) in [6, 6.07) is 13.4. The summed E-state index contributed by atoms with van der Waals surface area (Å²) in [5.41, 5.74) is 18.3. The zero-order chi connectivity index (χ0) is 27.8. The minimum Gasteiger partial charge on any atom is -0.505 e. The first-order valence-corrected chi connectivity index (χ1v) is 13.2. The average molecular weight is 558 g/mol. The van der Waals surface area contributed by atoms with Crippen LogP contribution >= 0.6 is 0 Å². The second-order valence-corrected chi connectivity index (χ2v) is 10.7. The number of nitrogens with two attached hydrogens (primary N) is 3. The van der Waals surface area contributed by atoms with Crippen molar-refractivity contribution in [2.75, 3.05) is 17.2 Å². The number of anilines is 3. The Bertz CT molecular complexity index is 1860. The molecule has 4 rings (SSSR count). The minimum absolute atomic E-state index is 0.170. The highest BCUT2D eigenvalue weighted by molar-refractivity contribution is 7.86. The first-order valence-electron chi connectivity index (χ1n) is 10.4. The number of hydrogen-bond donors (Lipinski definition) is 6. The number of azo groups is 2. The molecule has 9 N–H and O–H groups in total. The normalized spacial score (nSPS) is 12.6. The van der Waals surface area contributed by atoms with Crippen LogP contribution in [0.1, 0.15) is 0 Å². The van der Waals surface area contributed by atoms with Crippen molar-refractivity contribution >= 4 is 70.8 Å². The maximum atomic E-state index is 12.0. The highest BCUT2D eigenvalue weighted by Crippen LogP contribution is 2.44. The molecule has 4 aromatic carbocycles. The van der Waals surface area contributed by atoms with Crippen LogP contribution in [0.25, 0.3) is 10.8 Å². The van der Waals surface area contributed by atoms with Crippen LogP contribution in [0.15, 0.2) is 90.9 Å². The van der Waals surface area contributed by atoms with Gasteiger partial charge in [0.05, 0.1) is 22.0 Å². The standard InChI is InChI=1S/C22H19N7O7S2/c23-12-1-6-18(16(24)9-12)28-26-13-2-4-14(5-3-13)27-29-21-19(38(34,35)36)8-11-7-15(37(31,32)33)10-17(25)20(11)22(21)30/h1-10,30H,23-25H2,(H,31,32,33)(H,34,35,36). The molecule has 0 amide bonds. The molecule has 38 heavy (non-hydrogen) atoms. The molecule has 4 aromatic rings.